The fraction of sp³-hybridized carbons (Fsp3) is 0. The van der Waals surface area contributed by atoms with Gasteiger partial charge in [0.25, 0.3) is 0 Å². The van der Waals surface area contributed by atoms with Gasteiger partial charge in [0.05, 0.1) is 40.0 Å². The Labute approximate surface area is 344 Å². The van der Waals surface area contributed by atoms with E-state index < -0.39 is 0 Å². The van der Waals surface area contributed by atoms with E-state index in [2.05, 4.69) is 89.5 Å². The van der Waals surface area contributed by atoms with Crippen LogP contribution in [0.15, 0.2) is 186 Å². The predicted molar refractivity (Wildman–Crippen MR) is 238 cm³/mol. The molecule has 0 atom stereocenters. The van der Waals surface area contributed by atoms with E-state index in [1.54, 1.807) is 12.1 Å². The molecule has 0 radical (unpaired) electrons. The maximum absolute atomic E-state index is 10.2. The molecule has 0 spiro atoms. The molecule has 7 heteroatoms. The largest absolute Gasteiger partial charge is 0.456 e. The van der Waals surface area contributed by atoms with Crippen LogP contribution in [0.1, 0.15) is 11.1 Å². The fourth-order valence-corrected chi connectivity index (χ4v) is 8.28. The molecular formula is C53H30N6O. The zero-order valence-corrected chi connectivity index (χ0v) is 31.9. The molecule has 0 saturated carbocycles. The van der Waals surface area contributed by atoms with Gasteiger partial charge < -0.3 is 8.98 Å². The van der Waals surface area contributed by atoms with Gasteiger partial charge in [-0.15, -0.1) is 0 Å². The Morgan fingerprint density at radius 1 is 0.400 bits per heavy atom. The third-order valence-electron chi connectivity index (χ3n) is 11.1. The number of nitriles is 2. The molecule has 3 aromatic heterocycles. The number of rotatable bonds is 6. The van der Waals surface area contributed by atoms with Gasteiger partial charge in [0.1, 0.15) is 11.2 Å². The fourth-order valence-electron chi connectivity index (χ4n) is 8.28. The van der Waals surface area contributed by atoms with Crippen molar-refractivity contribution in [3.63, 3.8) is 0 Å². The lowest BCUT2D eigenvalue weighted by Gasteiger charge is -2.17. The lowest BCUT2D eigenvalue weighted by Crippen LogP contribution is -2.04. The third kappa shape index (κ3) is 5.77. The highest BCUT2D eigenvalue weighted by molar-refractivity contribution is 6.11. The second-order valence-electron chi connectivity index (χ2n) is 14.6. The second-order valence-corrected chi connectivity index (χ2v) is 14.6. The summed E-state index contributed by atoms with van der Waals surface area (Å²) in [7, 11) is 0. The van der Waals surface area contributed by atoms with Crippen LogP contribution in [0.2, 0.25) is 0 Å². The van der Waals surface area contributed by atoms with E-state index in [4.69, 9.17) is 19.4 Å². The minimum atomic E-state index is 0.440. The smallest absolute Gasteiger partial charge is 0.166 e. The Morgan fingerprint density at radius 2 is 1.02 bits per heavy atom. The molecular weight excluding hydrogens is 737 g/mol. The molecule has 0 N–H and O–H groups in total. The maximum atomic E-state index is 10.2. The Kier molecular flexibility index (Phi) is 8.11. The van der Waals surface area contributed by atoms with E-state index in [0.29, 0.717) is 28.6 Å². The van der Waals surface area contributed by atoms with Crippen molar-refractivity contribution in [2.45, 2.75) is 0 Å². The lowest BCUT2D eigenvalue weighted by molar-refractivity contribution is 0.669. The van der Waals surface area contributed by atoms with Gasteiger partial charge in [0.2, 0.25) is 0 Å². The number of para-hydroxylation sites is 2. The number of furan rings is 1. The van der Waals surface area contributed by atoms with Crippen LogP contribution in [0, 0.1) is 22.7 Å². The van der Waals surface area contributed by atoms with Crippen LogP contribution in [-0.4, -0.2) is 19.5 Å². The highest BCUT2D eigenvalue weighted by Crippen LogP contribution is 2.41. The monoisotopic (exact) mass is 766 g/mol. The van der Waals surface area contributed by atoms with Crippen molar-refractivity contribution in [2.75, 3.05) is 0 Å². The first kappa shape index (κ1) is 34.6. The predicted octanol–water partition coefficient (Wildman–Crippen LogP) is 12.9. The van der Waals surface area contributed by atoms with Crippen molar-refractivity contribution >= 4 is 43.7 Å². The number of aromatic nitrogens is 4. The van der Waals surface area contributed by atoms with Crippen LogP contribution in [0.25, 0.3) is 106 Å². The van der Waals surface area contributed by atoms with E-state index in [1.165, 1.54) is 0 Å². The Morgan fingerprint density at radius 3 is 1.77 bits per heavy atom. The van der Waals surface area contributed by atoms with Crippen molar-refractivity contribution in [1.29, 1.82) is 10.5 Å². The molecule has 11 aromatic rings. The van der Waals surface area contributed by atoms with Gasteiger partial charge >= 0.3 is 0 Å². The summed E-state index contributed by atoms with van der Waals surface area (Å²) in [5.41, 5.74) is 11.6. The SMILES string of the molecule is N#Cc1ccc(-c2ccc3c4ccccc4n(-c4ccc(-c5ccc6oc7ccccc7c6c5)cc4-c4nc(-c5ccccc5)nc(-c5ccccc5)n4)c3c2)c(C#N)c1. The molecule has 0 aliphatic heterocycles. The molecule has 7 nitrogen and oxygen atoms in total. The van der Waals surface area contributed by atoms with Crippen LogP contribution < -0.4 is 0 Å². The zero-order valence-electron chi connectivity index (χ0n) is 31.9. The highest BCUT2D eigenvalue weighted by Gasteiger charge is 2.21. The van der Waals surface area contributed by atoms with Gasteiger partial charge in [-0.25, -0.2) is 15.0 Å². The minimum absolute atomic E-state index is 0.440. The van der Waals surface area contributed by atoms with Crippen LogP contribution in [0.5, 0.6) is 0 Å². The first-order valence-corrected chi connectivity index (χ1v) is 19.5. The van der Waals surface area contributed by atoms with Gasteiger partial charge in [0.15, 0.2) is 17.5 Å². The molecule has 0 fully saturated rings. The maximum Gasteiger partial charge on any atom is 0.166 e. The molecule has 0 amide bonds. The Hall–Kier alpha value is -8.65. The molecule has 0 aliphatic carbocycles. The van der Waals surface area contributed by atoms with Gasteiger partial charge in [-0.1, -0.05) is 127 Å². The third-order valence-corrected chi connectivity index (χ3v) is 11.1. The van der Waals surface area contributed by atoms with Gasteiger partial charge in [0, 0.05) is 38.2 Å². The quantitative estimate of drug-likeness (QED) is 0.167. The molecule has 60 heavy (non-hydrogen) atoms. The number of fused-ring (bicyclic) bond motifs is 6. The van der Waals surface area contributed by atoms with Crippen LogP contribution in [-0.2, 0) is 0 Å². The summed E-state index contributed by atoms with van der Waals surface area (Å²) in [5, 5.41) is 24.0. The Balaban J connectivity index is 1.21. The number of hydrogen-bond acceptors (Lipinski definition) is 6. The van der Waals surface area contributed by atoms with E-state index in [-0.39, 0.29) is 0 Å². The second kappa shape index (κ2) is 14.1. The van der Waals surface area contributed by atoms with Gasteiger partial charge in [-0.3, -0.25) is 0 Å². The number of benzene rings is 8. The topological polar surface area (TPSA) is 104 Å². The zero-order chi connectivity index (χ0) is 40.2. The molecule has 0 unspecified atom stereocenters. The minimum Gasteiger partial charge on any atom is -0.456 e. The lowest BCUT2D eigenvalue weighted by atomic mass is 9.97. The summed E-state index contributed by atoms with van der Waals surface area (Å²) in [5.74, 6) is 1.66. The van der Waals surface area contributed by atoms with E-state index in [0.717, 1.165) is 88.4 Å². The summed E-state index contributed by atoms with van der Waals surface area (Å²) >= 11 is 0. The molecule has 278 valence electrons. The normalized spacial score (nSPS) is 11.3. The molecule has 3 heterocycles. The average Bonchev–Trinajstić information content (AvgIpc) is 3.86. The number of nitrogens with zero attached hydrogens (tertiary/aromatic N) is 6. The van der Waals surface area contributed by atoms with Crippen molar-refractivity contribution in [3.05, 3.63) is 193 Å². The van der Waals surface area contributed by atoms with Crippen molar-refractivity contribution in [2.24, 2.45) is 0 Å². The van der Waals surface area contributed by atoms with Crippen LogP contribution in [0.3, 0.4) is 0 Å². The molecule has 0 bridgehead atoms. The summed E-state index contributed by atoms with van der Waals surface area (Å²) < 4.78 is 8.47. The van der Waals surface area contributed by atoms with Gasteiger partial charge in [-0.2, -0.15) is 10.5 Å². The molecule has 0 aliphatic rings. The molecule has 8 aromatic carbocycles. The van der Waals surface area contributed by atoms with E-state index in [9.17, 15) is 10.5 Å². The highest BCUT2D eigenvalue weighted by atomic mass is 16.3. The van der Waals surface area contributed by atoms with Gasteiger partial charge in [-0.05, 0) is 76.9 Å². The average molecular weight is 767 g/mol. The first-order chi connectivity index (χ1) is 29.6. The molecule has 11 rings (SSSR count). The van der Waals surface area contributed by atoms with E-state index in [1.807, 2.05) is 97.1 Å². The van der Waals surface area contributed by atoms with E-state index >= 15 is 0 Å². The van der Waals surface area contributed by atoms with Crippen molar-refractivity contribution < 1.29 is 4.42 Å². The van der Waals surface area contributed by atoms with Crippen molar-refractivity contribution in [1.82, 2.24) is 19.5 Å². The first-order valence-electron chi connectivity index (χ1n) is 19.5. The summed E-state index contributed by atoms with van der Waals surface area (Å²) in [6, 6.07) is 65.3. The summed E-state index contributed by atoms with van der Waals surface area (Å²) in [6.45, 7) is 0. The standard InChI is InChI=1S/C53H30N6O/c54-31-33-19-23-40(39(27-33)32-55)38-20-24-42-41-15-7-9-17-46(41)59(48(42)30-38)47-25-21-36(37-22-26-50-44(28-37)43-16-8-10-18-49(43)60-50)29-45(47)53-57-51(34-11-3-1-4-12-34)56-52(58-53)35-13-5-2-6-14-35/h1-30H. The van der Waals surface area contributed by atoms with Crippen LogP contribution >= 0.6 is 0 Å². The molecule has 0 saturated heterocycles. The Bertz CT molecular complexity index is 3520. The number of hydrogen-bond donors (Lipinski definition) is 0. The van der Waals surface area contributed by atoms with Crippen molar-refractivity contribution in [3.8, 4) is 74.2 Å². The summed E-state index contributed by atoms with van der Waals surface area (Å²) in [6.07, 6.45) is 0. The van der Waals surface area contributed by atoms with Crippen LogP contribution in [0.4, 0.5) is 0 Å². The summed E-state index contributed by atoms with van der Waals surface area (Å²) in [4.78, 5) is 15.5.